The van der Waals surface area contributed by atoms with Crippen molar-refractivity contribution in [2.45, 2.75) is 47.0 Å². The Bertz CT molecular complexity index is 636. The van der Waals surface area contributed by atoms with Gasteiger partial charge in [-0.05, 0) is 29.5 Å². The highest BCUT2D eigenvalue weighted by Gasteiger charge is 2.14. The van der Waals surface area contributed by atoms with E-state index in [4.69, 9.17) is 6.42 Å². The molecule has 2 heteroatoms. The number of nitrogens with zero attached hydrogens (tertiary/aromatic N) is 1. The lowest BCUT2D eigenvalue weighted by atomic mass is 9.91. The summed E-state index contributed by atoms with van der Waals surface area (Å²) in [4.78, 5) is 3.74. The zero-order valence-corrected chi connectivity index (χ0v) is 12.9. The van der Waals surface area contributed by atoms with Crippen LogP contribution in [-0.2, 0) is 6.42 Å². The van der Waals surface area contributed by atoms with Gasteiger partial charge in [0.2, 0.25) is 5.95 Å². The molecule has 1 heterocycles. The minimum absolute atomic E-state index is 0.277. The molecule has 1 nitrogen and oxygen atoms in total. The molecule has 0 fully saturated rings. The lowest BCUT2D eigenvalue weighted by molar-refractivity contribution is 0.583. The van der Waals surface area contributed by atoms with Gasteiger partial charge in [0.15, 0.2) is 0 Å². The molecule has 0 radical (unpaired) electrons. The summed E-state index contributed by atoms with van der Waals surface area (Å²) >= 11 is 0. The molecule has 1 aromatic heterocycles. The van der Waals surface area contributed by atoms with Crippen LogP contribution in [0.3, 0.4) is 0 Å². The lowest BCUT2D eigenvalue weighted by Gasteiger charge is -2.14. The van der Waals surface area contributed by atoms with Crippen molar-refractivity contribution in [1.82, 2.24) is 4.98 Å². The van der Waals surface area contributed by atoms with Crippen LogP contribution in [0.5, 0.6) is 0 Å². The second kappa shape index (κ2) is 7.05. The first-order valence-corrected chi connectivity index (χ1v) is 7.16. The monoisotopic (exact) mass is 271 g/mol. The van der Waals surface area contributed by atoms with Crippen LogP contribution < -0.4 is 0 Å². The van der Waals surface area contributed by atoms with Crippen molar-refractivity contribution in [2.75, 3.05) is 0 Å². The maximum atomic E-state index is 13.7. The van der Waals surface area contributed by atoms with Crippen molar-refractivity contribution < 1.29 is 4.39 Å². The van der Waals surface area contributed by atoms with Gasteiger partial charge in [-0.2, -0.15) is 4.39 Å². The standard InChI is InChI=1S/C16H16FN.C2H6/c1-5-11-7-12-9-18-16(17)13(6-2)15(12)14(8-11)10(3)4;1-2/h2,7-10H,5H2,1,3-4H3;1-2H3. The molecule has 106 valence electrons. The van der Waals surface area contributed by atoms with E-state index in [1.165, 1.54) is 5.56 Å². The van der Waals surface area contributed by atoms with Crippen LogP contribution in [-0.4, -0.2) is 4.98 Å². The molecular formula is C18H22FN. The molecule has 0 atom stereocenters. The molecule has 0 unspecified atom stereocenters. The van der Waals surface area contributed by atoms with Gasteiger partial charge in [0, 0.05) is 17.0 Å². The van der Waals surface area contributed by atoms with E-state index in [-0.39, 0.29) is 5.56 Å². The molecule has 0 aliphatic rings. The Morgan fingerprint density at radius 1 is 1.30 bits per heavy atom. The number of hydrogen-bond donors (Lipinski definition) is 0. The van der Waals surface area contributed by atoms with Gasteiger partial charge in [-0.3, -0.25) is 0 Å². The Morgan fingerprint density at radius 3 is 2.45 bits per heavy atom. The van der Waals surface area contributed by atoms with E-state index in [1.54, 1.807) is 6.20 Å². The topological polar surface area (TPSA) is 12.9 Å². The van der Waals surface area contributed by atoms with Gasteiger partial charge in [-0.25, -0.2) is 4.98 Å². The highest BCUT2D eigenvalue weighted by atomic mass is 19.1. The normalized spacial score (nSPS) is 10.1. The fourth-order valence-corrected chi connectivity index (χ4v) is 2.23. The van der Waals surface area contributed by atoms with Crippen LogP contribution in [0, 0.1) is 18.3 Å². The smallest absolute Gasteiger partial charge is 0.227 e. The largest absolute Gasteiger partial charge is 0.229 e. The minimum atomic E-state index is -0.559. The summed E-state index contributed by atoms with van der Waals surface area (Å²) in [6, 6.07) is 4.15. The third-order valence-corrected chi connectivity index (χ3v) is 3.21. The van der Waals surface area contributed by atoms with E-state index in [9.17, 15) is 4.39 Å². The first-order valence-electron chi connectivity index (χ1n) is 7.16. The Kier molecular flexibility index (Phi) is 5.70. The molecule has 2 aromatic rings. The molecule has 0 aliphatic heterocycles. The predicted octanol–water partition coefficient (Wildman–Crippen LogP) is 5.07. The molecule has 0 bridgehead atoms. The number of hydrogen-bond acceptors (Lipinski definition) is 1. The van der Waals surface area contributed by atoms with Crippen molar-refractivity contribution in [2.24, 2.45) is 0 Å². The number of terminal acetylenes is 1. The summed E-state index contributed by atoms with van der Waals surface area (Å²) in [5, 5.41) is 1.75. The van der Waals surface area contributed by atoms with E-state index in [2.05, 4.69) is 37.7 Å². The van der Waals surface area contributed by atoms with Crippen LogP contribution in [0.2, 0.25) is 0 Å². The van der Waals surface area contributed by atoms with Crippen LogP contribution in [0.15, 0.2) is 18.3 Å². The maximum Gasteiger partial charge on any atom is 0.229 e. The van der Waals surface area contributed by atoms with E-state index in [1.807, 2.05) is 19.9 Å². The van der Waals surface area contributed by atoms with Gasteiger partial charge in [0.25, 0.3) is 0 Å². The number of rotatable bonds is 2. The van der Waals surface area contributed by atoms with E-state index in [0.717, 1.165) is 22.8 Å². The van der Waals surface area contributed by atoms with Crippen molar-refractivity contribution >= 4 is 10.8 Å². The fourth-order valence-electron chi connectivity index (χ4n) is 2.23. The summed E-state index contributed by atoms with van der Waals surface area (Å²) in [5.74, 6) is 2.17. The Labute approximate surface area is 121 Å². The van der Waals surface area contributed by atoms with Crippen molar-refractivity contribution in [3.05, 3.63) is 41.0 Å². The summed E-state index contributed by atoms with van der Waals surface area (Å²) in [5.41, 5.74) is 2.60. The summed E-state index contributed by atoms with van der Waals surface area (Å²) in [6.45, 7) is 10.3. The second-order valence-electron chi connectivity index (χ2n) is 4.73. The van der Waals surface area contributed by atoms with Crippen molar-refractivity contribution in [3.8, 4) is 12.3 Å². The van der Waals surface area contributed by atoms with E-state index >= 15 is 0 Å². The quantitative estimate of drug-likeness (QED) is 0.549. The first kappa shape index (κ1) is 16.2. The molecule has 1 aromatic carbocycles. The van der Waals surface area contributed by atoms with Gasteiger partial charge < -0.3 is 0 Å². The second-order valence-corrected chi connectivity index (χ2v) is 4.73. The molecule has 2 rings (SSSR count). The molecule has 0 amide bonds. The SMILES string of the molecule is C#Cc1c(F)ncc2cc(CC)cc(C(C)C)c12.CC. The average molecular weight is 271 g/mol. The number of aromatic nitrogens is 1. The molecule has 0 aliphatic carbocycles. The average Bonchev–Trinajstić information content (AvgIpc) is 2.48. The van der Waals surface area contributed by atoms with E-state index in [0.29, 0.717) is 5.92 Å². The Balaban J connectivity index is 0.000000956. The van der Waals surface area contributed by atoms with Crippen LogP contribution >= 0.6 is 0 Å². The lowest BCUT2D eigenvalue weighted by Crippen LogP contribution is -1.99. The molecule has 20 heavy (non-hydrogen) atoms. The zero-order valence-electron chi connectivity index (χ0n) is 12.9. The van der Waals surface area contributed by atoms with Crippen molar-refractivity contribution in [3.63, 3.8) is 0 Å². The third-order valence-electron chi connectivity index (χ3n) is 3.21. The van der Waals surface area contributed by atoms with Gasteiger partial charge in [-0.1, -0.05) is 46.6 Å². The van der Waals surface area contributed by atoms with Gasteiger partial charge >= 0.3 is 0 Å². The summed E-state index contributed by atoms with van der Waals surface area (Å²) in [7, 11) is 0. The predicted molar refractivity (Wildman–Crippen MR) is 84.5 cm³/mol. The minimum Gasteiger partial charge on any atom is -0.227 e. The van der Waals surface area contributed by atoms with Crippen LogP contribution in [0.1, 0.15) is 57.2 Å². The maximum absolute atomic E-state index is 13.7. The Hall–Kier alpha value is -1.88. The number of benzene rings is 1. The molecular weight excluding hydrogens is 249 g/mol. The van der Waals surface area contributed by atoms with Crippen LogP contribution in [0.25, 0.3) is 10.8 Å². The Morgan fingerprint density at radius 2 is 1.95 bits per heavy atom. The highest BCUT2D eigenvalue weighted by molar-refractivity contribution is 5.91. The number of halogens is 1. The number of fused-ring (bicyclic) bond motifs is 1. The first-order chi connectivity index (χ1) is 9.58. The van der Waals surface area contributed by atoms with E-state index < -0.39 is 5.95 Å². The summed E-state index contributed by atoms with van der Waals surface area (Å²) < 4.78 is 13.7. The zero-order chi connectivity index (χ0) is 15.3. The van der Waals surface area contributed by atoms with Crippen LogP contribution in [0.4, 0.5) is 4.39 Å². The van der Waals surface area contributed by atoms with Crippen molar-refractivity contribution in [1.29, 1.82) is 0 Å². The molecule has 0 saturated carbocycles. The van der Waals surface area contributed by atoms with Gasteiger partial charge in [0.1, 0.15) is 0 Å². The van der Waals surface area contributed by atoms with Gasteiger partial charge in [-0.15, -0.1) is 6.42 Å². The number of aryl methyl sites for hydroxylation is 1. The molecule has 0 N–H and O–H groups in total. The van der Waals surface area contributed by atoms with Gasteiger partial charge in [0.05, 0.1) is 5.56 Å². The summed E-state index contributed by atoms with van der Waals surface area (Å²) in [6.07, 6.45) is 7.94. The molecule has 0 spiro atoms. The molecule has 0 saturated heterocycles. The highest BCUT2D eigenvalue weighted by Crippen LogP contribution is 2.30. The third kappa shape index (κ3) is 2.99. The fraction of sp³-hybridized carbons (Fsp3) is 0.389. The number of pyridine rings is 1.